The lowest BCUT2D eigenvalue weighted by Crippen LogP contribution is -2.47. The van der Waals surface area contributed by atoms with E-state index in [2.05, 4.69) is 0 Å². The average molecular weight is 402 g/mol. The maximum absolute atomic E-state index is 13.3. The first-order valence-corrected chi connectivity index (χ1v) is 10.00. The zero-order valence-corrected chi connectivity index (χ0v) is 17.0. The average Bonchev–Trinajstić information content (AvgIpc) is 2.74. The highest BCUT2D eigenvalue weighted by Crippen LogP contribution is 2.42. The van der Waals surface area contributed by atoms with Crippen molar-refractivity contribution >= 4 is 23.2 Å². The first-order chi connectivity index (χ1) is 14.5. The van der Waals surface area contributed by atoms with Crippen LogP contribution in [0, 0.1) is 5.82 Å². The summed E-state index contributed by atoms with van der Waals surface area (Å²) in [7, 11) is 0. The monoisotopic (exact) mass is 402 g/mol. The number of amides is 2. The molecule has 0 N–H and O–H groups in total. The molecule has 1 aliphatic heterocycles. The number of carbonyl (C=O) groups is 2. The first-order valence-electron chi connectivity index (χ1n) is 10.00. The molecule has 0 saturated carbocycles. The Bertz CT molecular complexity index is 1070. The number of nitrogens with zero attached hydrogens (tertiary/aromatic N) is 2. The Hall–Kier alpha value is -3.47. The highest BCUT2D eigenvalue weighted by Gasteiger charge is 2.38. The molecule has 0 fully saturated rings. The number of benzene rings is 3. The molecule has 1 aliphatic rings. The second-order valence-corrected chi connectivity index (χ2v) is 7.57. The summed E-state index contributed by atoms with van der Waals surface area (Å²) in [5.41, 5.74) is 2.96. The molecule has 0 unspecified atom stereocenters. The Balaban J connectivity index is 1.77. The number of anilines is 2. The third-order valence-corrected chi connectivity index (χ3v) is 5.56. The number of rotatable bonds is 3. The lowest BCUT2D eigenvalue weighted by atomic mass is 9.89. The van der Waals surface area contributed by atoms with Crippen molar-refractivity contribution in [3.63, 3.8) is 0 Å². The molecular formula is C25H23FN2O2. The van der Waals surface area contributed by atoms with Crippen LogP contribution in [0.2, 0.25) is 0 Å². The predicted molar refractivity (Wildman–Crippen MR) is 116 cm³/mol. The van der Waals surface area contributed by atoms with Crippen LogP contribution in [0.25, 0.3) is 0 Å². The summed E-state index contributed by atoms with van der Waals surface area (Å²) in [6, 6.07) is 22.5. The molecule has 3 aromatic rings. The molecule has 152 valence electrons. The van der Waals surface area contributed by atoms with Crippen molar-refractivity contribution in [2.24, 2.45) is 0 Å². The summed E-state index contributed by atoms with van der Waals surface area (Å²) in [6.45, 7) is 3.55. The van der Waals surface area contributed by atoms with Gasteiger partial charge in [-0.3, -0.25) is 9.59 Å². The van der Waals surface area contributed by atoms with Crippen LogP contribution in [0.5, 0.6) is 0 Å². The number of fused-ring (bicyclic) bond motifs is 1. The highest BCUT2D eigenvalue weighted by atomic mass is 19.1. The molecule has 5 heteroatoms. The second-order valence-electron chi connectivity index (χ2n) is 7.57. The lowest BCUT2D eigenvalue weighted by Gasteiger charge is -2.43. The topological polar surface area (TPSA) is 40.6 Å². The van der Waals surface area contributed by atoms with E-state index in [0.29, 0.717) is 12.0 Å². The highest BCUT2D eigenvalue weighted by molar-refractivity contribution is 6.07. The van der Waals surface area contributed by atoms with Crippen molar-refractivity contribution in [1.29, 1.82) is 0 Å². The fourth-order valence-electron chi connectivity index (χ4n) is 4.24. The van der Waals surface area contributed by atoms with E-state index < -0.39 is 0 Å². The quantitative estimate of drug-likeness (QED) is 0.592. The van der Waals surface area contributed by atoms with Crippen molar-refractivity contribution < 1.29 is 14.0 Å². The fourth-order valence-corrected chi connectivity index (χ4v) is 4.24. The summed E-state index contributed by atoms with van der Waals surface area (Å²) in [6.07, 6.45) is 0.596. The molecule has 4 nitrogen and oxygen atoms in total. The number of hydrogen-bond acceptors (Lipinski definition) is 2. The summed E-state index contributed by atoms with van der Waals surface area (Å²) in [4.78, 5) is 29.5. The minimum absolute atomic E-state index is 0.0495. The van der Waals surface area contributed by atoms with E-state index in [1.807, 2.05) is 61.5 Å². The van der Waals surface area contributed by atoms with Crippen molar-refractivity contribution in [3.8, 4) is 0 Å². The van der Waals surface area contributed by atoms with Crippen molar-refractivity contribution in [2.45, 2.75) is 32.4 Å². The first kappa shape index (κ1) is 19.8. The Morgan fingerprint density at radius 2 is 1.57 bits per heavy atom. The molecule has 0 aliphatic carbocycles. The number of para-hydroxylation sites is 2. The molecule has 2 atom stereocenters. The minimum Gasteiger partial charge on any atom is -0.305 e. The van der Waals surface area contributed by atoms with Crippen molar-refractivity contribution in [2.75, 3.05) is 9.80 Å². The minimum atomic E-state index is -0.376. The van der Waals surface area contributed by atoms with E-state index in [1.54, 1.807) is 16.7 Å². The molecule has 0 aromatic heterocycles. The van der Waals surface area contributed by atoms with E-state index in [0.717, 1.165) is 16.9 Å². The summed E-state index contributed by atoms with van der Waals surface area (Å²) >= 11 is 0. The SMILES string of the molecule is CC(=O)N(c1ccccc1)[C@H]1C[C@H](C)N(C(=O)c2ccc(F)cc2)c2ccccc21. The number of halogens is 1. The molecule has 0 bridgehead atoms. The molecule has 1 heterocycles. The van der Waals surface area contributed by atoms with Gasteiger partial charge in [-0.2, -0.15) is 0 Å². The summed E-state index contributed by atoms with van der Waals surface area (Å²) in [5, 5.41) is 0. The van der Waals surface area contributed by atoms with Gasteiger partial charge >= 0.3 is 0 Å². The van der Waals surface area contributed by atoms with Crippen LogP contribution in [-0.4, -0.2) is 17.9 Å². The van der Waals surface area contributed by atoms with Crippen LogP contribution in [0.15, 0.2) is 78.9 Å². The van der Waals surface area contributed by atoms with Gasteiger partial charge in [-0.1, -0.05) is 36.4 Å². The van der Waals surface area contributed by atoms with Crippen molar-refractivity contribution in [3.05, 3.63) is 95.8 Å². The van der Waals surface area contributed by atoms with E-state index in [4.69, 9.17) is 0 Å². The Morgan fingerprint density at radius 1 is 0.933 bits per heavy atom. The molecule has 4 rings (SSSR count). The molecule has 30 heavy (non-hydrogen) atoms. The summed E-state index contributed by atoms with van der Waals surface area (Å²) < 4.78 is 13.3. The Kier molecular flexibility index (Phi) is 5.36. The smallest absolute Gasteiger partial charge is 0.258 e. The maximum Gasteiger partial charge on any atom is 0.258 e. The van der Waals surface area contributed by atoms with Gasteiger partial charge in [0, 0.05) is 29.9 Å². The normalized spacial score (nSPS) is 17.9. The van der Waals surface area contributed by atoms with Gasteiger partial charge in [0.2, 0.25) is 5.91 Å². The zero-order valence-electron chi connectivity index (χ0n) is 17.0. The van der Waals surface area contributed by atoms with Crippen LogP contribution < -0.4 is 9.80 Å². The number of hydrogen-bond donors (Lipinski definition) is 0. The third kappa shape index (κ3) is 3.59. The van der Waals surface area contributed by atoms with Gasteiger partial charge in [0.15, 0.2) is 0 Å². The molecule has 3 aromatic carbocycles. The third-order valence-electron chi connectivity index (χ3n) is 5.56. The Morgan fingerprint density at radius 3 is 2.23 bits per heavy atom. The van der Waals surface area contributed by atoms with Gasteiger partial charge in [-0.15, -0.1) is 0 Å². The fraction of sp³-hybridized carbons (Fsp3) is 0.200. The van der Waals surface area contributed by atoms with Gasteiger partial charge < -0.3 is 9.80 Å². The maximum atomic E-state index is 13.3. The van der Waals surface area contributed by atoms with Crippen LogP contribution in [0.3, 0.4) is 0 Å². The van der Waals surface area contributed by atoms with Crippen LogP contribution >= 0.6 is 0 Å². The molecule has 0 saturated heterocycles. The van der Waals surface area contributed by atoms with Gasteiger partial charge in [0.05, 0.1) is 6.04 Å². The predicted octanol–water partition coefficient (Wildman–Crippen LogP) is 5.36. The van der Waals surface area contributed by atoms with Gasteiger partial charge in [-0.25, -0.2) is 4.39 Å². The van der Waals surface area contributed by atoms with Crippen LogP contribution in [-0.2, 0) is 4.79 Å². The van der Waals surface area contributed by atoms with Gasteiger partial charge in [0.1, 0.15) is 5.82 Å². The van der Waals surface area contributed by atoms with Crippen LogP contribution in [0.4, 0.5) is 15.8 Å². The van der Waals surface area contributed by atoms with E-state index >= 15 is 0 Å². The van der Waals surface area contributed by atoms with E-state index in [1.165, 1.54) is 24.3 Å². The Labute approximate surface area is 175 Å². The van der Waals surface area contributed by atoms with Crippen molar-refractivity contribution in [1.82, 2.24) is 0 Å². The van der Waals surface area contributed by atoms with E-state index in [-0.39, 0.29) is 29.7 Å². The zero-order chi connectivity index (χ0) is 21.3. The molecular weight excluding hydrogens is 379 g/mol. The largest absolute Gasteiger partial charge is 0.305 e. The lowest BCUT2D eigenvalue weighted by molar-refractivity contribution is -0.117. The molecule has 0 radical (unpaired) electrons. The summed E-state index contributed by atoms with van der Waals surface area (Å²) in [5.74, 6) is -0.604. The van der Waals surface area contributed by atoms with Gasteiger partial charge in [0.25, 0.3) is 5.91 Å². The molecule has 0 spiro atoms. The standard InChI is InChI=1S/C25H23FN2O2/c1-17-16-24(28(18(2)29)21-8-4-3-5-9-21)22-10-6-7-11-23(22)27(17)25(30)19-12-14-20(26)15-13-19/h3-15,17,24H,16H2,1-2H3/t17-,24-/m0/s1. The van der Waals surface area contributed by atoms with E-state index in [9.17, 15) is 14.0 Å². The van der Waals surface area contributed by atoms with Crippen LogP contribution in [0.1, 0.15) is 42.2 Å². The molecule has 2 amide bonds. The second kappa shape index (κ2) is 8.11. The van der Waals surface area contributed by atoms with Gasteiger partial charge in [-0.05, 0) is 61.4 Å². The number of carbonyl (C=O) groups excluding carboxylic acids is 2.